The van der Waals surface area contributed by atoms with E-state index in [9.17, 15) is 14.4 Å². The van der Waals surface area contributed by atoms with Crippen molar-refractivity contribution >= 4 is 28.9 Å². The molecule has 1 atom stereocenters. The van der Waals surface area contributed by atoms with E-state index >= 15 is 0 Å². The molecule has 2 heterocycles. The molecular weight excluding hydrogens is 373 g/mol. The fourth-order valence-corrected chi connectivity index (χ4v) is 3.98. The molecule has 0 aliphatic carbocycles. The van der Waals surface area contributed by atoms with Gasteiger partial charge in [0.15, 0.2) is 22.7 Å². The van der Waals surface area contributed by atoms with Gasteiger partial charge in [0.1, 0.15) is 10.8 Å². The minimum Gasteiger partial charge on any atom is -0.305 e. The van der Waals surface area contributed by atoms with E-state index in [2.05, 4.69) is 15.2 Å². The number of Topliss-reactive ketones (excluding diaryl/α,β-unsaturated/α-hetero) is 1. The van der Waals surface area contributed by atoms with Gasteiger partial charge in [0, 0.05) is 18.1 Å². The zero-order valence-electron chi connectivity index (χ0n) is 14.0. The molecule has 0 N–H and O–H groups in total. The predicted molar refractivity (Wildman–Crippen MR) is 97.3 cm³/mol. The number of carbonyl (C=O) groups excluding carboxylic acids is 1. The van der Waals surface area contributed by atoms with Crippen LogP contribution in [-0.4, -0.2) is 31.3 Å². The predicted octanol–water partition coefficient (Wildman–Crippen LogP) is 3.35. The van der Waals surface area contributed by atoms with Crippen molar-refractivity contribution in [3.63, 3.8) is 0 Å². The number of benzene rings is 1. The summed E-state index contributed by atoms with van der Waals surface area (Å²) in [6, 6.07) is 8.31. The molecule has 9 heteroatoms. The van der Waals surface area contributed by atoms with Crippen LogP contribution in [-0.2, 0) is 11.8 Å². The van der Waals surface area contributed by atoms with Gasteiger partial charge in [-0.3, -0.25) is 4.79 Å². The molecule has 0 fully saturated rings. The summed E-state index contributed by atoms with van der Waals surface area (Å²) in [5.74, 6) is -1.09. The normalized spacial score (nSPS) is 11.9. The zero-order chi connectivity index (χ0) is 18.7. The molecule has 0 bridgehead atoms. The van der Waals surface area contributed by atoms with E-state index in [1.165, 1.54) is 17.4 Å². The Bertz CT molecular complexity index is 991. The quantitative estimate of drug-likeness (QED) is 0.603. The van der Waals surface area contributed by atoms with E-state index in [0.717, 1.165) is 17.5 Å². The highest BCUT2D eigenvalue weighted by Crippen LogP contribution is 2.27. The molecule has 0 spiro atoms. The van der Waals surface area contributed by atoms with Crippen molar-refractivity contribution in [1.29, 1.82) is 5.26 Å². The van der Waals surface area contributed by atoms with Gasteiger partial charge < -0.3 is 4.57 Å². The van der Waals surface area contributed by atoms with Gasteiger partial charge in [-0.15, -0.1) is 21.5 Å². The van der Waals surface area contributed by atoms with E-state index < -0.39 is 5.92 Å². The lowest BCUT2D eigenvalue weighted by atomic mass is 10.1. The molecular formula is C17H14FN5OS2. The van der Waals surface area contributed by atoms with E-state index in [0.29, 0.717) is 21.6 Å². The highest BCUT2D eigenvalue weighted by atomic mass is 32.2. The maximum atomic E-state index is 13.9. The fraction of sp³-hybridized carbons (Fsp3) is 0.235. The lowest BCUT2D eigenvalue weighted by molar-refractivity contribution is -0.116. The fourth-order valence-electron chi connectivity index (χ4n) is 2.31. The first-order valence-corrected chi connectivity index (χ1v) is 9.49. The number of hydrogen-bond acceptors (Lipinski definition) is 7. The zero-order valence-corrected chi connectivity index (χ0v) is 15.6. The standard InChI is InChI=1S/C17H14FN5OS2/c1-10-8-25-16(20-10)12(7-19)14(24)9-26-17-22-21-15(23(17)2)11-5-3-4-6-13(11)18/h3-6,8,12H,9H2,1-2H3/t12-/m0/s1. The van der Waals surface area contributed by atoms with Crippen molar-refractivity contribution in [2.75, 3.05) is 5.75 Å². The topological polar surface area (TPSA) is 84.5 Å². The highest BCUT2D eigenvalue weighted by Gasteiger charge is 2.24. The third kappa shape index (κ3) is 3.66. The summed E-state index contributed by atoms with van der Waals surface area (Å²) >= 11 is 2.46. The van der Waals surface area contributed by atoms with E-state index in [4.69, 9.17) is 0 Å². The van der Waals surface area contributed by atoms with Crippen molar-refractivity contribution in [2.45, 2.75) is 18.0 Å². The minimum absolute atomic E-state index is 0.0557. The van der Waals surface area contributed by atoms with Gasteiger partial charge in [0.25, 0.3) is 0 Å². The van der Waals surface area contributed by atoms with Crippen LogP contribution in [0.25, 0.3) is 11.4 Å². The molecule has 1 aromatic carbocycles. The van der Waals surface area contributed by atoms with Crippen LogP contribution in [0.5, 0.6) is 0 Å². The van der Waals surface area contributed by atoms with Gasteiger partial charge in [-0.2, -0.15) is 5.26 Å². The molecule has 2 aromatic heterocycles. The van der Waals surface area contributed by atoms with Gasteiger partial charge in [-0.25, -0.2) is 9.37 Å². The Balaban J connectivity index is 1.73. The second-order valence-electron chi connectivity index (χ2n) is 5.49. The Kier molecular flexibility index (Phi) is 5.44. The summed E-state index contributed by atoms with van der Waals surface area (Å²) < 4.78 is 15.6. The number of carbonyl (C=O) groups is 1. The van der Waals surface area contributed by atoms with E-state index in [1.54, 1.807) is 29.8 Å². The third-order valence-corrected chi connectivity index (χ3v) is 5.70. The number of nitrogens with zero attached hydrogens (tertiary/aromatic N) is 5. The number of thioether (sulfide) groups is 1. The van der Waals surface area contributed by atoms with Gasteiger partial charge in [0.2, 0.25) is 0 Å². The van der Waals surface area contributed by atoms with Crippen molar-refractivity contribution in [3.05, 3.63) is 46.2 Å². The number of thiazole rings is 1. The summed E-state index contributed by atoms with van der Waals surface area (Å²) in [4.78, 5) is 16.6. The Morgan fingerprint density at radius 3 is 2.85 bits per heavy atom. The number of aromatic nitrogens is 4. The smallest absolute Gasteiger partial charge is 0.191 e. The van der Waals surface area contributed by atoms with Crippen LogP contribution in [0.4, 0.5) is 4.39 Å². The molecule has 0 radical (unpaired) electrons. The van der Waals surface area contributed by atoms with Crippen molar-refractivity contribution in [2.24, 2.45) is 7.05 Å². The van der Waals surface area contributed by atoms with E-state index in [-0.39, 0.29) is 17.4 Å². The Hall–Kier alpha value is -2.57. The van der Waals surface area contributed by atoms with Crippen LogP contribution in [0.15, 0.2) is 34.8 Å². The highest BCUT2D eigenvalue weighted by molar-refractivity contribution is 7.99. The van der Waals surface area contributed by atoms with E-state index in [1.807, 2.05) is 18.4 Å². The maximum Gasteiger partial charge on any atom is 0.191 e. The van der Waals surface area contributed by atoms with Crippen LogP contribution in [0, 0.1) is 24.1 Å². The van der Waals surface area contributed by atoms with Gasteiger partial charge in [-0.05, 0) is 19.1 Å². The molecule has 0 saturated carbocycles. The lowest BCUT2D eigenvalue weighted by Gasteiger charge is -2.06. The summed E-state index contributed by atoms with van der Waals surface area (Å²) in [5, 5.41) is 20.1. The molecule has 26 heavy (non-hydrogen) atoms. The van der Waals surface area contributed by atoms with Gasteiger partial charge >= 0.3 is 0 Å². The Morgan fingerprint density at radius 1 is 1.42 bits per heavy atom. The van der Waals surface area contributed by atoms with Gasteiger partial charge in [-0.1, -0.05) is 23.9 Å². The maximum absolute atomic E-state index is 13.9. The Morgan fingerprint density at radius 2 is 2.19 bits per heavy atom. The average Bonchev–Trinajstić information content (AvgIpc) is 3.20. The first-order chi connectivity index (χ1) is 12.5. The first kappa shape index (κ1) is 18.2. The largest absolute Gasteiger partial charge is 0.305 e. The summed E-state index contributed by atoms with van der Waals surface area (Å²) in [6.45, 7) is 1.82. The molecule has 0 unspecified atom stereocenters. The summed E-state index contributed by atoms with van der Waals surface area (Å²) in [7, 11) is 1.71. The lowest BCUT2D eigenvalue weighted by Crippen LogP contribution is -2.13. The monoisotopic (exact) mass is 387 g/mol. The average molecular weight is 387 g/mol. The first-order valence-electron chi connectivity index (χ1n) is 7.62. The summed E-state index contributed by atoms with van der Waals surface area (Å²) in [6.07, 6.45) is 0. The van der Waals surface area contributed by atoms with Crippen molar-refractivity contribution < 1.29 is 9.18 Å². The number of halogens is 1. The Labute approximate surface area is 157 Å². The molecule has 3 rings (SSSR count). The molecule has 0 saturated heterocycles. The molecule has 6 nitrogen and oxygen atoms in total. The SMILES string of the molecule is Cc1csc([C@@H](C#N)C(=O)CSc2nnc(-c3ccccc3F)n2C)n1. The second kappa shape index (κ2) is 7.76. The van der Waals surface area contributed by atoms with Crippen LogP contribution in [0.3, 0.4) is 0 Å². The second-order valence-corrected chi connectivity index (χ2v) is 7.32. The number of ketones is 1. The minimum atomic E-state index is -0.888. The number of rotatable bonds is 6. The van der Waals surface area contributed by atoms with Crippen LogP contribution in [0.2, 0.25) is 0 Å². The molecule has 0 aliphatic heterocycles. The third-order valence-electron chi connectivity index (χ3n) is 3.63. The van der Waals surface area contributed by atoms with Crippen LogP contribution >= 0.6 is 23.1 Å². The molecule has 132 valence electrons. The number of nitriles is 1. The van der Waals surface area contributed by atoms with Gasteiger partial charge in [0.05, 0.1) is 17.4 Å². The summed E-state index contributed by atoms with van der Waals surface area (Å²) in [5.41, 5.74) is 1.13. The van der Waals surface area contributed by atoms with Crippen molar-refractivity contribution in [1.82, 2.24) is 19.7 Å². The van der Waals surface area contributed by atoms with Crippen molar-refractivity contribution in [3.8, 4) is 17.5 Å². The number of aryl methyl sites for hydroxylation is 1. The van der Waals surface area contributed by atoms with Crippen LogP contribution < -0.4 is 0 Å². The molecule has 0 aliphatic rings. The molecule has 0 amide bonds. The molecule has 3 aromatic rings. The number of hydrogen-bond donors (Lipinski definition) is 0. The van der Waals surface area contributed by atoms with Crippen LogP contribution in [0.1, 0.15) is 16.6 Å².